The van der Waals surface area contributed by atoms with E-state index in [0.29, 0.717) is 16.5 Å². The first-order chi connectivity index (χ1) is 12.9. The molecule has 2 fully saturated rings. The van der Waals surface area contributed by atoms with Gasteiger partial charge in [-0.25, -0.2) is 0 Å². The van der Waals surface area contributed by atoms with Crippen molar-refractivity contribution in [3.05, 3.63) is 16.0 Å². The first-order valence-electron chi connectivity index (χ1n) is 9.88. The number of carbonyl (C=O) groups excluding carboxylic acids is 2. The molecule has 3 aliphatic carbocycles. The zero-order valence-corrected chi connectivity index (χ0v) is 16.3. The number of rotatable bonds is 5. The fraction of sp³-hybridized carbons (Fsp3) is 0.650. The molecule has 5 atom stereocenters. The Bertz CT molecular complexity index is 802. The van der Waals surface area contributed by atoms with Crippen LogP contribution >= 0.6 is 11.3 Å². The lowest BCUT2D eigenvalue weighted by Crippen LogP contribution is -2.38. The Morgan fingerprint density at radius 2 is 1.89 bits per heavy atom. The third kappa shape index (κ3) is 3.06. The lowest BCUT2D eigenvalue weighted by atomic mass is 9.78. The van der Waals surface area contributed by atoms with Crippen LogP contribution in [0.25, 0.3) is 0 Å². The highest BCUT2D eigenvalue weighted by Gasteiger charge is 2.54. The summed E-state index contributed by atoms with van der Waals surface area (Å²) in [4.78, 5) is 37.9. The molecule has 4 rings (SSSR count). The zero-order chi connectivity index (χ0) is 19.3. The van der Waals surface area contributed by atoms with Crippen molar-refractivity contribution in [3.8, 4) is 0 Å². The summed E-state index contributed by atoms with van der Waals surface area (Å²) in [7, 11) is 0. The molecule has 3 aliphatic rings. The predicted molar refractivity (Wildman–Crippen MR) is 103 cm³/mol. The number of hydrogen-bond donors (Lipinski definition) is 3. The van der Waals surface area contributed by atoms with Crippen LogP contribution in [0.2, 0.25) is 0 Å². The minimum atomic E-state index is -0.881. The first kappa shape index (κ1) is 18.5. The van der Waals surface area contributed by atoms with E-state index >= 15 is 0 Å². The van der Waals surface area contributed by atoms with Crippen molar-refractivity contribution in [2.75, 3.05) is 5.32 Å². The van der Waals surface area contributed by atoms with Gasteiger partial charge < -0.3 is 16.2 Å². The van der Waals surface area contributed by atoms with Gasteiger partial charge in [0.05, 0.1) is 17.4 Å². The predicted octanol–water partition coefficient (Wildman–Crippen LogP) is 3.05. The summed E-state index contributed by atoms with van der Waals surface area (Å²) >= 11 is 1.45. The van der Waals surface area contributed by atoms with E-state index in [2.05, 4.69) is 12.2 Å². The summed E-state index contributed by atoms with van der Waals surface area (Å²) in [6.45, 7) is 2.17. The van der Waals surface area contributed by atoms with Crippen LogP contribution < -0.4 is 11.1 Å². The monoisotopic (exact) mass is 390 g/mol. The Morgan fingerprint density at radius 3 is 2.52 bits per heavy atom. The van der Waals surface area contributed by atoms with Crippen molar-refractivity contribution < 1.29 is 19.5 Å². The number of nitrogens with two attached hydrogens (primary N) is 1. The molecule has 146 valence electrons. The highest BCUT2D eigenvalue weighted by atomic mass is 32.1. The van der Waals surface area contributed by atoms with Gasteiger partial charge in [-0.15, -0.1) is 11.3 Å². The number of primary amides is 1. The van der Waals surface area contributed by atoms with E-state index in [0.717, 1.165) is 55.4 Å². The minimum Gasteiger partial charge on any atom is -0.481 e. The van der Waals surface area contributed by atoms with Crippen LogP contribution in [0.3, 0.4) is 0 Å². The summed E-state index contributed by atoms with van der Waals surface area (Å²) in [6.07, 6.45) is 6.47. The topological polar surface area (TPSA) is 109 Å². The van der Waals surface area contributed by atoms with Crippen molar-refractivity contribution >= 4 is 34.1 Å². The van der Waals surface area contributed by atoms with Crippen LogP contribution in [-0.4, -0.2) is 22.9 Å². The van der Waals surface area contributed by atoms with E-state index in [1.165, 1.54) is 11.3 Å². The third-order valence-corrected chi connectivity index (χ3v) is 8.10. The van der Waals surface area contributed by atoms with Crippen molar-refractivity contribution in [1.29, 1.82) is 0 Å². The van der Waals surface area contributed by atoms with E-state index in [1.54, 1.807) is 0 Å². The number of amides is 2. The van der Waals surface area contributed by atoms with E-state index in [9.17, 15) is 19.5 Å². The number of hydrogen-bond acceptors (Lipinski definition) is 4. The molecule has 1 aromatic heterocycles. The van der Waals surface area contributed by atoms with E-state index < -0.39 is 23.7 Å². The molecule has 4 N–H and O–H groups in total. The van der Waals surface area contributed by atoms with Gasteiger partial charge in [-0.3, -0.25) is 14.4 Å². The van der Waals surface area contributed by atoms with Crippen LogP contribution in [0, 0.1) is 29.6 Å². The standard InChI is InChI=1S/C20H26N2O4S/c1-2-9-3-6-12-13(7-9)27-19(16(12)17(21)23)22-18(24)14-10-4-5-11(8-10)15(14)20(25)26/h9-11,14-15H,2-8H2,1H3,(H2,21,23)(H,22,24)(H,25,26). The van der Waals surface area contributed by atoms with Gasteiger partial charge in [-0.2, -0.15) is 0 Å². The van der Waals surface area contributed by atoms with Gasteiger partial charge in [-0.1, -0.05) is 13.3 Å². The number of fused-ring (bicyclic) bond motifs is 3. The third-order valence-electron chi connectivity index (χ3n) is 6.93. The van der Waals surface area contributed by atoms with Gasteiger partial charge >= 0.3 is 5.97 Å². The SMILES string of the molecule is CCC1CCc2c(sc(NC(=O)C3C4CCC(C4)C3C(=O)O)c2C(N)=O)C1. The van der Waals surface area contributed by atoms with Gasteiger partial charge in [0.15, 0.2) is 0 Å². The van der Waals surface area contributed by atoms with Crippen molar-refractivity contribution in [1.82, 2.24) is 0 Å². The van der Waals surface area contributed by atoms with Crippen LogP contribution in [0.4, 0.5) is 5.00 Å². The van der Waals surface area contributed by atoms with Crippen LogP contribution in [-0.2, 0) is 22.4 Å². The second-order valence-electron chi connectivity index (χ2n) is 8.30. The number of nitrogens with one attached hydrogen (secondary N) is 1. The maximum Gasteiger partial charge on any atom is 0.307 e. The zero-order valence-electron chi connectivity index (χ0n) is 15.5. The quantitative estimate of drug-likeness (QED) is 0.718. The molecule has 0 aromatic carbocycles. The molecule has 0 spiro atoms. The molecule has 2 bridgehead atoms. The van der Waals surface area contributed by atoms with Crippen molar-refractivity contribution in [3.63, 3.8) is 0 Å². The summed E-state index contributed by atoms with van der Waals surface area (Å²) in [5.41, 5.74) is 7.06. The van der Waals surface area contributed by atoms with Gasteiger partial charge in [-0.05, 0) is 61.8 Å². The first-order valence-corrected chi connectivity index (χ1v) is 10.7. The minimum absolute atomic E-state index is 0.0979. The molecule has 2 amide bonds. The van der Waals surface area contributed by atoms with Crippen molar-refractivity contribution in [2.45, 2.75) is 51.9 Å². The molecule has 7 heteroatoms. The molecule has 27 heavy (non-hydrogen) atoms. The Morgan fingerprint density at radius 1 is 1.19 bits per heavy atom. The number of carbonyl (C=O) groups is 3. The summed E-state index contributed by atoms with van der Waals surface area (Å²) in [5, 5.41) is 13.0. The average molecular weight is 391 g/mol. The molecule has 2 saturated carbocycles. The lowest BCUT2D eigenvalue weighted by molar-refractivity contribution is -0.148. The summed E-state index contributed by atoms with van der Waals surface area (Å²) in [6, 6.07) is 0. The number of aliphatic carboxylic acids is 1. The maximum absolute atomic E-state index is 13.0. The molecule has 0 radical (unpaired) electrons. The lowest BCUT2D eigenvalue weighted by Gasteiger charge is -2.26. The summed E-state index contributed by atoms with van der Waals surface area (Å²) < 4.78 is 0. The molecule has 6 nitrogen and oxygen atoms in total. The maximum atomic E-state index is 13.0. The highest BCUT2D eigenvalue weighted by molar-refractivity contribution is 7.17. The Labute approximate surface area is 162 Å². The van der Waals surface area contributed by atoms with E-state index in [4.69, 9.17) is 5.73 Å². The molecule has 0 aliphatic heterocycles. The normalized spacial score (nSPS) is 31.5. The van der Waals surface area contributed by atoms with Crippen LogP contribution in [0.1, 0.15) is 59.8 Å². The second-order valence-corrected chi connectivity index (χ2v) is 9.41. The molecule has 0 saturated heterocycles. The Hall–Kier alpha value is -1.89. The fourth-order valence-electron chi connectivity index (χ4n) is 5.57. The molecule has 1 aromatic rings. The molecular weight excluding hydrogens is 364 g/mol. The number of anilines is 1. The average Bonchev–Trinajstić information content (AvgIpc) is 3.32. The number of carboxylic acids is 1. The largest absolute Gasteiger partial charge is 0.481 e. The fourth-order valence-corrected chi connectivity index (χ4v) is 6.94. The van der Waals surface area contributed by atoms with E-state index in [-0.39, 0.29) is 17.7 Å². The summed E-state index contributed by atoms with van der Waals surface area (Å²) in [5.74, 6) is -1.95. The smallest absolute Gasteiger partial charge is 0.307 e. The van der Waals surface area contributed by atoms with E-state index in [1.807, 2.05) is 0 Å². The highest BCUT2D eigenvalue weighted by Crippen LogP contribution is 2.53. The molecular formula is C20H26N2O4S. The second kappa shape index (κ2) is 6.93. The molecule has 1 heterocycles. The van der Waals surface area contributed by atoms with Gasteiger partial charge in [0.2, 0.25) is 5.91 Å². The Balaban J connectivity index is 1.61. The molecule has 5 unspecified atom stereocenters. The van der Waals surface area contributed by atoms with Gasteiger partial charge in [0.25, 0.3) is 5.91 Å². The Kier molecular flexibility index (Phi) is 4.74. The van der Waals surface area contributed by atoms with Gasteiger partial charge in [0, 0.05) is 4.88 Å². The van der Waals surface area contributed by atoms with Crippen molar-refractivity contribution in [2.24, 2.45) is 35.3 Å². The van der Waals surface area contributed by atoms with Gasteiger partial charge in [0.1, 0.15) is 5.00 Å². The van der Waals surface area contributed by atoms with Crippen LogP contribution in [0.5, 0.6) is 0 Å². The number of carboxylic acid groups (broad SMARTS) is 1. The number of thiophene rings is 1. The van der Waals surface area contributed by atoms with Crippen LogP contribution in [0.15, 0.2) is 0 Å².